The summed E-state index contributed by atoms with van der Waals surface area (Å²) in [6, 6.07) is 5.77. The Morgan fingerprint density at radius 1 is 1.37 bits per heavy atom. The van der Waals surface area contributed by atoms with Crippen molar-refractivity contribution in [1.29, 1.82) is 0 Å². The molecular weight excluding hydrogens is 268 g/mol. The number of benzene rings is 1. The van der Waals surface area contributed by atoms with E-state index in [2.05, 4.69) is 10.6 Å². The maximum atomic E-state index is 11.7. The number of carboxylic acid groups (broad SMARTS) is 1. The Balaban J connectivity index is 1.86. The minimum Gasteiger partial charge on any atom is -0.478 e. The Morgan fingerprint density at radius 2 is 2.05 bits per heavy atom. The van der Waals surface area contributed by atoms with E-state index < -0.39 is 12.0 Å². The highest BCUT2D eigenvalue weighted by molar-refractivity contribution is 8.14. The number of amides is 2. The standard InChI is InChI=1S/C12H12N2O4S/c15-10(9-6-19-12(18)14-9)13-5-7-1-3-8(4-2-7)11(16)17/h1-4,9H,5-6H2,(H,13,15)(H,14,18)(H,16,17)/t9-/m0/s1. The molecule has 0 aliphatic carbocycles. The van der Waals surface area contributed by atoms with Gasteiger partial charge in [0.2, 0.25) is 5.91 Å². The largest absolute Gasteiger partial charge is 0.478 e. The quantitative estimate of drug-likeness (QED) is 0.759. The summed E-state index contributed by atoms with van der Waals surface area (Å²) in [7, 11) is 0. The number of carbonyl (C=O) groups excluding carboxylic acids is 2. The Labute approximate surface area is 113 Å². The molecule has 0 aromatic heterocycles. The van der Waals surface area contributed by atoms with Crippen LogP contribution in [-0.4, -0.2) is 34.0 Å². The maximum Gasteiger partial charge on any atom is 0.335 e. The minimum absolute atomic E-state index is 0.189. The molecule has 1 fully saturated rings. The normalized spacial score (nSPS) is 17.9. The van der Waals surface area contributed by atoms with E-state index >= 15 is 0 Å². The second-order valence-corrected chi connectivity index (χ2v) is 5.01. The molecular formula is C12H12N2O4S. The van der Waals surface area contributed by atoms with Gasteiger partial charge in [0.1, 0.15) is 6.04 Å². The second kappa shape index (κ2) is 5.75. The van der Waals surface area contributed by atoms with Crippen molar-refractivity contribution < 1.29 is 19.5 Å². The first kappa shape index (κ1) is 13.4. The Kier molecular flexibility index (Phi) is 4.06. The van der Waals surface area contributed by atoms with Crippen LogP contribution in [0.1, 0.15) is 15.9 Å². The van der Waals surface area contributed by atoms with Crippen LogP contribution in [0.4, 0.5) is 4.79 Å². The van der Waals surface area contributed by atoms with E-state index in [1.165, 1.54) is 12.1 Å². The molecule has 0 bridgehead atoms. The predicted molar refractivity (Wildman–Crippen MR) is 70.0 cm³/mol. The van der Waals surface area contributed by atoms with Gasteiger partial charge in [-0.1, -0.05) is 23.9 Å². The smallest absolute Gasteiger partial charge is 0.335 e. The highest BCUT2D eigenvalue weighted by Gasteiger charge is 2.27. The molecule has 6 nitrogen and oxygen atoms in total. The monoisotopic (exact) mass is 280 g/mol. The Hall–Kier alpha value is -2.02. The number of hydrogen-bond donors (Lipinski definition) is 3. The molecule has 1 atom stereocenters. The topological polar surface area (TPSA) is 95.5 Å². The van der Waals surface area contributed by atoms with Crippen LogP contribution in [0.2, 0.25) is 0 Å². The molecule has 7 heteroatoms. The lowest BCUT2D eigenvalue weighted by atomic mass is 10.1. The molecule has 2 rings (SSSR count). The van der Waals surface area contributed by atoms with Gasteiger partial charge in [0.05, 0.1) is 5.56 Å². The summed E-state index contributed by atoms with van der Waals surface area (Å²) in [4.78, 5) is 33.3. The highest BCUT2D eigenvalue weighted by Crippen LogP contribution is 2.13. The van der Waals surface area contributed by atoms with E-state index in [-0.39, 0.29) is 16.7 Å². The van der Waals surface area contributed by atoms with E-state index in [0.717, 1.165) is 17.3 Å². The number of hydrogen-bond acceptors (Lipinski definition) is 4. The van der Waals surface area contributed by atoms with Crippen molar-refractivity contribution in [3.63, 3.8) is 0 Å². The summed E-state index contributed by atoms with van der Waals surface area (Å²) in [5.41, 5.74) is 1.00. The van der Waals surface area contributed by atoms with Crippen molar-refractivity contribution in [3.8, 4) is 0 Å². The maximum absolute atomic E-state index is 11.7. The fourth-order valence-corrected chi connectivity index (χ4v) is 2.38. The molecule has 0 saturated carbocycles. The molecule has 1 aliphatic rings. The predicted octanol–water partition coefficient (Wildman–Crippen LogP) is 0.826. The Morgan fingerprint density at radius 3 is 2.58 bits per heavy atom. The lowest BCUT2D eigenvalue weighted by Gasteiger charge is -2.10. The molecule has 0 unspecified atom stereocenters. The third-order valence-corrected chi connectivity index (χ3v) is 3.54. The molecule has 19 heavy (non-hydrogen) atoms. The van der Waals surface area contributed by atoms with Crippen LogP contribution in [-0.2, 0) is 11.3 Å². The van der Waals surface area contributed by atoms with Crippen molar-refractivity contribution >= 4 is 28.9 Å². The summed E-state index contributed by atoms with van der Waals surface area (Å²) in [6.07, 6.45) is 0. The van der Waals surface area contributed by atoms with Crippen LogP contribution in [0.3, 0.4) is 0 Å². The minimum atomic E-state index is -0.985. The van der Waals surface area contributed by atoms with Gasteiger partial charge in [0, 0.05) is 12.3 Å². The lowest BCUT2D eigenvalue weighted by molar-refractivity contribution is -0.122. The summed E-state index contributed by atoms with van der Waals surface area (Å²) < 4.78 is 0. The fraction of sp³-hybridized carbons (Fsp3) is 0.250. The molecule has 0 spiro atoms. The first-order chi connectivity index (χ1) is 9.06. The van der Waals surface area contributed by atoms with Gasteiger partial charge in [0.15, 0.2) is 0 Å². The van der Waals surface area contributed by atoms with Crippen LogP contribution >= 0.6 is 11.8 Å². The van der Waals surface area contributed by atoms with Crippen molar-refractivity contribution in [2.75, 3.05) is 5.75 Å². The third-order valence-electron chi connectivity index (χ3n) is 2.66. The zero-order valence-electron chi connectivity index (χ0n) is 9.88. The van der Waals surface area contributed by atoms with Crippen molar-refractivity contribution in [1.82, 2.24) is 10.6 Å². The van der Waals surface area contributed by atoms with Gasteiger partial charge < -0.3 is 15.7 Å². The zero-order chi connectivity index (χ0) is 13.8. The average molecular weight is 280 g/mol. The van der Waals surface area contributed by atoms with Gasteiger partial charge in [0.25, 0.3) is 5.24 Å². The summed E-state index contributed by atoms with van der Waals surface area (Å²) in [6.45, 7) is 0.301. The first-order valence-corrected chi connectivity index (χ1v) is 6.58. The third kappa shape index (κ3) is 3.47. The number of aromatic carboxylic acids is 1. The number of rotatable bonds is 4. The number of thioether (sulfide) groups is 1. The molecule has 1 heterocycles. The molecule has 3 N–H and O–H groups in total. The van der Waals surface area contributed by atoms with Crippen molar-refractivity contribution in [3.05, 3.63) is 35.4 Å². The number of carboxylic acids is 1. The molecule has 1 aliphatic heterocycles. The molecule has 100 valence electrons. The van der Waals surface area contributed by atoms with Crippen LogP contribution in [0.5, 0.6) is 0 Å². The summed E-state index contributed by atoms with van der Waals surface area (Å²) in [5, 5.41) is 13.8. The van der Waals surface area contributed by atoms with Crippen LogP contribution < -0.4 is 10.6 Å². The Bertz CT molecular complexity index is 515. The number of nitrogens with one attached hydrogen (secondary N) is 2. The van der Waals surface area contributed by atoms with Crippen molar-refractivity contribution in [2.45, 2.75) is 12.6 Å². The second-order valence-electron chi connectivity index (χ2n) is 4.02. The van der Waals surface area contributed by atoms with Gasteiger partial charge in [-0.3, -0.25) is 9.59 Å². The van der Waals surface area contributed by atoms with E-state index in [1.807, 2.05) is 0 Å². The molecule has 1 aromatic carbocycles. The van der Waals surface area contributed by atoms with E-state index in [1.54, 1.807) is 12.1 Å². The first-order valence-electron chi connectivity index (χ1n) is 5.59. The summed E-state index contributed by atoms with van der Waals surface area (Å²) in [5.74, 6) is -0.787. The average Bonchev–Trinajstić information content (AvgIpc) is 2.83. The van der Waals surface area contributed by atoms with Gasteiger partial charge >= 0.3 is 5.97 Å². The molecule has 0 radical (unpaired) electrons. The van der Waals surface area contributed by atoms with Crippen LogP contribution in [0.25, 0.3) is 0 Å². The van der Waals surface area contributed by atoms with Crippen LogP contribution in [0.15, 0.2) is 24.3 Å². The molecule has 1 saturated heterocycles. The van der Waals surface area contributed by atoms with Gasteiger partial charge in [-0.25, -0.2) is 4.79 Å². The van der Waals surface area contributed by atoms with Crippen LogP contribution in [0, 0.1) is 0 Å². The number of carbonyl (C=O) groups is 3. The van der Waals surface area contributed by atoms with Gasteiger partial charge in [-0.2, -0.15) is 0 Å². The summed E-state index contributed by atoms with van der Waals surface area (Å²) >= 11 is 1.08. The lowest BCUT2D eigenvalue weighted by Crippen LogP contribution is -2.42. The van der Waals surface area contributed by atoms with E-state index in [0.29, 0.717) is 12.3 Å². The van der Waals surface area contributed by atoms with Gasteiger partial charge in [-0.15, -0.1) is 0 Å². The highest BCUT2D eigenvalue weighted by atomic mass is 32.2. The van der Waals surface area contributed by atoms with E-state index in [9.17, 15) is 14.4 Å². The van der Waals surface area contributed by atoms with Crippen molar-refractivity contribution in [2.24, 2.45) is 0 Å². The van der Waals surface area contributed by atoms with Gasteiger partial charge in [-0.05, 0) is 17.7 Å². The molecule has 2 amide bonds. The molecule has 1 aromatic rings. The SMILES string of the molecule is O=C1N[C@H](C(=O)NCc2ccc(C(=O)O)cc2)CS1. The fourth-order valence-electron chi connectivity index (χ4n) is 1.60. The van der Waals surface area contributed by atoms with E-state index in [4.69, 9.17) is 5.11 Å². The zero-order valence-corrected chi connectivity index (χ0v) is 10.7.